The van der Waals surface area contributed by atoms with Gasteiger partial charge in [0.2, 0.25) is 11.8 Å². The van der Waals surface area contributed by atoms with Gasteiger partial charge in [-0.2, -0.15) is 0 Å². The van der Waals surface area contributed by atoms with Crippen LogP contribution in [0.1, 0.15) is 17.5 Å². The van der Waals surface area contributed by atoms with Crippen LogP contribution in [0, 0.1) is 35.5 Å². The van der Waals surface area contributed by atoms with Crippen molar-refractivity contribution in [3.8, 4) is 11.5 Å². The number of carbonyl (C=O) groups excluding carboxylic acids is 3. The summed E-state index contributed by atoms with van der Waals surface area (Å²) in [5.41, 5.74) is 1.92. The van der Waals surface area contributed by atoms with Crippen LogP contribution in [0.3, 0.4) is 0 Å². The molecule has 5 aliphatic rings. The molecule has 7 atom stereocenters. The SMILES string of the molecule is O=C(Oc1ccc(OCc2ccccc2)cc1)[C@H](Cc1ccccc1)N1C(=O)[C@@H]2[C@H]3C=C[C@@H]([C@@H]4C[C@@H]34)[C@@H]2C1=O. The Morgan fingerprint density at radius 2 is 1.28 bits per heavy atom. The standard InChI is InChI=1S/C33H29NO5/c35-31-29-24-15-16-25(27-18-26(24)27)30(29)32(36)34(31)28(17-20-7-3-1-4-8-20)33(37)39-23-13-11-22(12-14-23)38-19-21-9-5-2-6-10-21/h1-16,24-30H,17-19H2/t24-,25-,26-,27-,28-,29-,30+/m0/s1. The van der Waals surface area contributed by atoms with E-state index in [1.807, 2.05) is 60.7 Å². The molecule has 4 aliphatic carbocycles. The summed E-state index contributed by atoms with van der Waals surface area (Å²) < 4.78 is 11.6. The van der Waals surface area contributed by atoms with Crippen molar-refractivity contribution in [2.24, 2.45) is 35.5 Å². The van der Waals surface area contributed by atoms with Gasteiger partial charge in [-0.05, 0) is 65.5 Å². The number of rotatable bonds is 8. The van der Waals surface area contributed by atoms with Crippen molar-refractivity contribution in [2.45, 2.75) is 25.5 Å². The Labute approximate surface area is 227 Å². The van der Waals surface area contributed by atoms with Crippen molar-refractivity contribution in [3.05, 3.63) is 108 Å². The van der Waals surface area contributed by atoms with E-state index in [1.165, 1.54) is 4.90 Å². The lowest BCUT2D eigenvalue weighted by molar-refractivity contribution is -0.153. The highest BCUT2D eigenvalue weighted by Crippen LogP contribution is 2.65. The Balaban J connectivity index is 1.10. The fourth-order valence-electron chi connectivity index (χ4n) is 6.93. The second kappa shape index (κ2) is 9.53. The average molecular weight is 520 g/mol. The first-order valence-electron chi connectivity index (χ1n) is 13.7. The smallest absolute Gasteiger partial charge is 0.335 e. The molecule has 0 unspecified atom stereocenters. The van der Waals surface area contributed by atoms with Gasteiger partial charge in [0.1, 0.15) is 24.1 Å². The monoisotopic (exact) mass is 519 g/mol. The molecule has 1 heterocycles. The summed E-state index contributed by atoms with van der Waals surface area (Å²) in [7, 11) is 0. The van der Waals surface area contributed by atoms with Gasteiger partial charge in [-0.25, -0.2) is 4.79 Å². The van der Waals surface area contributed by atoms with Gasteiger partial charge in [-0.3, -0.25) is 14.5 Å². The molecular weight excluding hydrogens is 490 g/mol. The highest BCUT2D eigenvalue weighted by molar-refractivity contribution is 6.09. The molecule has 0 radical (unpaired) electrons. The van der Waals surface area contributed by atoms with E-state index in [2.05, 4.69) is 12.2 Å². The van der Waals surface area contributed by atoms with Crippen molar-refractivity contribution in [3.63, 3.8) is 0 Å². The summed E-state index contributed by atoms with van der Waals surface area (Å²) >= 11 is 0. The van der Waals surface area contributed by atoms with E-state index in [9.17, 15) is 14.4 Å². The Bertz CT molecular complexity index is 1400. The molecule has 2 amide bonds. The Hall–Kier alpha value is -4.19. The van der Waals surface area contributed by atoms with Gasteiger partial charge < -0.3 is 9.47 Å². The molecule has 196 valence electrons. The van der Waals surface area contributed by atoms with Crippen LogP contribution < -0.4 is 9.47 Å². The van der Waals surface area contributed by atoms with E-state index in [1.54, 1.807) is 24.3 Å². The minimum absolute atomic E-state index is 0.100. The molecule has 2 bridgehead atoms. The van der Waals surface area contributed by atoms with E-state index in [4.69, 9.17) is 9.47 Å². The summed E-state index contributed by atoms with van der Waals surface area (Å²) in [4.78, 5) is 42.4. The maximum absolute atomic E-state index is 13.8. The number of imide groups is 1. The molecule has 8 rings (SSSR count). The summed E-state index contributed by atoms with van der Waals surface area (Å²) in [5.74, 6) is 0.412. The first-order valence-corrected chi connectivity index (χ1v) is 13.7. The fraction of sp³-hybridized carbons (Fsp3) is 0.303. The number of likely N-dealkylation sites (tertiary alicyclic amines) is 1. The first kappa shape index (κ1) is 23.9. The van der Waals surface area contributed by atoms with Gasteiger partial charge >= 0.3 is 5.97 Å². The Kier molecular flexibility index (Phi) is 5.84. The third kappa shape index (κ3) is 4.24. The van der Waals surface area contributed by atoms with Gasteiger partial charge in [0.05, 0.1) is 11.8 Å². The zero-order valence-electron chi connectivity index (χ0n) is 21.4. The normalized spacial score (nSPS) is 28.6. The highest BCUT2D eigenvalue weighted by atomic mass is 16.5. The number of carbonyl (C=O) groups is 3. The molecule has 6 heteroatoms. The van der Waals surface area contributed by atoms with Gasteiger partial charge in [-0.1, -0.05) is 72.8 Å². The van der Waals surface area contributed by atoms with Crippen molar-refractivity contribution in [1.82, 2.24) is 4.90 Å². The largest absolute Gasteiger partial charge is 0.489 e. The molecule has 6 nitrogen and oxygen atoms in total. The van der Waals surface area contributed by atoms with Crippen LogP contribution >= 0.6 is 0 Å². The fourth-order valence-corrected chi connectivity index (χ4v) is 6.93. The van der Waals surface area contributed by atoms with E-state index in [0.29, 0.717) is 29.9 Å². The van der Waals surface area contributed by atoms with Gasteiger partial charge in [0.25, 0.3) is 0 Å². The lowest BCUT2D eigenvalue weighted by Gasteiger charge is -2.37. The number of hydrogen-bond acceptors (Lipinski definition) is 5. The number of allylic oxidation sites excluding steroid dienone is 2. The zero-order valence-corrected chi connectivity index (χ0v) is 21.4. The van der Waals surface area contributed by atoms with E-state index >= 15 is 0 Å². The average Bonchev–Trinajstić information content (AvgIpc) is 3.76. The lowest BCUT2D eigenvalue weighted by atomic mass is 9.63. The van der Waals surface area contributed by atoms with Crippen LogP contribution in [-0.2, 0) is 27.4 Å². The van der Waals surface area contributed by atoms with Crippen LogP contribution in [0.15, 0.2) is 97.1 Å². The molecule has 2 saturated carbocycles. The second-order valence-corrected chi connectivity index (χ2v) is 11.1. The summed E-state index contributed by atoms with van der Waals surface area (Å²) in [5, 5.41) is 0. The second-order valence-electron chi connectivity index (χ2n) is 11.1. The topological polar surface area (TPSA) is 72.9 Å². The van der Waals surface area contributed by atoms with E-state index in [-0.39, 0.29) is 41.9 Å². The minimum atomic E-state index is -1.03. The molecule has 0 spiro atoms. The van der Waals surface area contributed by atoms with Crippen molar-refractivity contribution in [2.75, 3.05) is 0 Å². The van der Waals surface area contributed by atoms with Crippen LogP contribution in [0.2, 0.25) is 0 Å². The summed E-state index contributed by atoms with van der Waals surface area (Å²) in [6, 6.07) is 25.1. The van der Waals surface area contributed by atoms with Gasteiger partial charge in [0.15, 0.2) is 0 Å². The molecule has 1 saturated heterocycles. The van der Waals surface area contributed by atoms with Crippen LogP contribution in [-0.4, -0.2) is 28.7 Å². The van der Waals surface area contributed by atoms with Crippen molar-refractivity contribution in [1.29, 1.82) is 0 Å². The summed E-state index contributed by atoms with van der Waals surface area (Å²) in [6.45, 7) is 0.430. The molecule has 1 aliphatic heterocycles. The Morgan fingerprint density at radius 1 is 0.744 bits per heavy atom. The lowest BCUT2D eigenvalue weighted by Crippen LogP contribution is -2.48. The number of amides is 2. The predicted octanol–water partition coefficient (Wildman–Crippen LogP) is 4.84. The number of nitrogens with zero attached hydrogens (tertiary/aromatic N) is 1. The van der Waals surface area contributed by atoms with E-state index in [0.717, 1.165) is 17.5 Å². The number of hydrogen-bond donors (Lipinski definition) is 0. The molecule has 0 aromatic heterocycles. The van der Waals surface area contributed by atoms with Crippen molar-refractivity contribution < 1.29 is 23.9 Å². The van der Waals surface area contributed by atoms with Gasteiger partial charge in [0, 0.05) is 6.42 Å². The molecule has 39 heavy (non-hydrogen) atoms. The van der Waals surface area contributed by atoms with E-state index < -0.39 is 12.0 Å². The molecular formula is C33H29NO5. The first-order chi connectivity index (χ1) is 19.1. The number of esters is 1. The zero-order chi connectivity index (χ0) is 26.5. The van der Waals surface area contributed by atoms with Gasteiger partial charge in [-0.15, -0.1) is 0 Å². The van der Waals surface area contributed by atoms with Crippen molar-refractivity contribution >= 4 is 17.8 Å². The number of benzene rings is 3. The molecule has 3 fully saturated rings. The van der Waals surface area contributed by atoms with Crippen LogP contribution in [0.5, 0.6) is 11.5 Å². The summed E-state index contributed by atoms with van der Waals surface area (Å²) in [6.07, 6.45) is 5.59. The molecule has 3 aromatic carbocycles. The Morgan fingerprint density at radius 3 is 1.87 bits per heavy atom. The van der Waals surface area contributed by atoms with Crippen LogP contribution in [0.4, 0.5) is 0 Å². The predicted molar refractivity (Wildman–Crippen MR) is 143 cm³/mol. The maximum atomic E-state index is 13.8. The van der Waals surface area contributed by atoms with Crippen LogP contribution in [0.25, 0.3) is 0 Å². The number of ether oxygens (including phenoxy) is 2. The minimum Gasteiger partial charge on any atom is -0.489 e. The third-order valence-electron chi connectivity index (χ3n) is 8.84. The molecule has 3 aromatic rings. The quantitative estimate of drug-likeness (QED) is 0.184. The third-order valence-corrected chi connectivity index (χ3v) is 8.84. The highest BCUT2D eigenvalue weighted by Gasteiger charge is 2.68. The molecule has 0 N–H and O–H groups in total. The maximum Gasteiger partial charge on any atom is 0.335 e.